The van der Waals surface area contributed by atoms with E-state index in [0.717, 1.165) is 6.42 Å². The van der Waals surface area contributed by atoms with E-state index in [1.807, 2.05) is 26.1 Å². The fraction of sp³-hybridized carbons (Fsp3) is 0.357. The minimum absolute atomic E-state index is 0.321. The van der Waals surface area contributed by atoms with Gasteiger partial charge in [0.2, 0.25) is 0 Å². The Balaban J connectivity index is 1.98. The van der Waals surface area contributed by atoms with Crippen molar-refractivity contribution in [1.82, 2.24) is 10.3 Å². The number of nitrogens with one attached hydrogen (secondary N) is 2. The molecule has 2 aromatic rings. The number of guanidine groups is 1. The molecule has 0 fully saturated rings. The zero-order valence-electron chi connectivity index (χ0n) is 10.9. The number of para-hydroxylation sites is 1. The van der Waals surface area contributed by atoms with Crippen LogP contribution in [0.25, 0.3) is 10.9 Å². The van der Waals surface area contributed by atoms with Crippen molar-refractivity contribution in [2.24, 2.45) is 10.7 Å². The van der Waals surface area contributed by atoms with Gasteiger partial charge >= 0.3 is 0 Å². The van der Waals surface area contributed by atoms with Crippen molar-refractivity contribution in [2.75, 3.05) is 6.54 Å². The Labute approximate surface area is 107 Å². The van der Waals surface area contributed by atoms with Crippen molar-refractivity contribution in [2.45, 2.75) is 26.3 Å². The maximum absolute atomic E-state index is 5.76. The number of nitrogens with zero attached hydrogens (tertiary/aromatic N) is 1. The van der Waals surface area contributed by atoms with Gasteiger partial charge in [0.25, 0.3) is 0 Å². The van der Waals surface area contributed by atoms with Crippen LogP contribution in [0.4, 0.5) is 0 Å². The summed E-state index contributed by atoms with van der Waals surface area (Å²) in [5.74, 6) is 0.518. The number of benzene rings is 1. The van der Waals surface area contributed by atoms with Crippen LogP contribution in [0.3, 0.4) is 0 Å². The van der Waals surface area contributed by atoms with Crippen molar-refractivity contribution < 1.29 is 0 Å². The summed E-state index contributed by atoms with van der Waals surface area (Å²) in [7, 11) is 0. The van der Waals surface area contributed by atoms with Crippen LogP contribution < -0.4 is 11.1 Å². The zero-order chi connectivity index (χ0) is 13.0. The lowest BCUT2D eigenvalue weighted by Gasteiger charge is -2.08. The van der Waals surface area contributed by atoms with E-state index in [1.54, 1.807) is 0 Å². The zero-order valence-corrected chi connectivity index (χ0v) is 10.9. The lowest BCUT2D eigenvalue weighted by Crippen LogP contribution is -2.36. The quantitative estimate of drug-likeness (QED) is 0.569. The van der Waals surface area contributed by atoms with Gasteiger partial charge in [0.1, 0.15) is 0 Å². The summed E-state index contributed by atoms with van der Waals surface area (Å²) < 4.78 is 0. The molecule has 0 aliphatic heterocycles. The average Bonchev–Trinajstić information content (AvgIpc) is 2.72. The maximum Gasteiger partial charge on any atom is 0.188 e. The van der Waals surface area contributed by atoms with Crippen LogP contribution in [0.1, 0.15) is 19.4 Å². The molecule has 0 aliphatic rings. The molecule has 1 aromatic carbocycles. The highest BCUT2D eigenvalue weighted by atomic mass is 15.1. The molecule has 0 radical (unpaired) electrons. The van der Waals surface area contributed by atoms with Gasteiger partial charge in [-0.25, -0.2) is 0 Å². The normalized spacial score (nSPS) is 12.3. The second kappa shape index (κ2) is 5.58. The van der Waals surface area contributed by atoms with E-state index in [2.05, 4.69) is 33.5 Å². The average molecular weight is 244 g/mol. The number of rotatable bonds is 4. The Morgan fingerprint density at radius 2 is 2.17 bits per heavy atom. The Morgan fingerprint density at radius 3 is 2.94 bits per heavy atom. The van der Waals surface area contributed by atoms with Crippen molar-refractivity contribution in [3.8, 4) is 0 Å². The van der Waals surface area contributed by atoms with Gasteiger partial charge in [0.05, 0.1) is 0 Å². The van der Waals surface area contributed by atoms with E-state index in [4.69, 9.17) is 5.73 Å². The number of hydrogen-bond donors (Lipinski definition) is 3. The summed E-state index contributed by atoms with van der Waals surface area (Å²) in [5.41, 5.74) is 8.21. The first kappa shape index (κ1) is 12.5. The second-order valence-corrected chi connectivity index (χ2v) is 4.68. The summed E-state index contributed by atoms with van der Waals surface area (Å²) in [6.07, 6.45) is 2.94. The number of aromatic nitrogens is 1. The van der Waals surface area contributed by atoms with Crippen LogP contribution in [-0.4, -0.2) is 23.5 Å². The summed E-state index contributed by atoms with van der Waals surface area (Å²) in [6, 6.07) is 8.61. The van der Waals surface area contributed by atoms with Gasteiger partial charge in [-0.3, -0.25) is 4.99 Å². The van der Waals surface area contributed by atoms with Crippen LogP contribution in [0.15, 0.2) is 35.5 Å². The van der Waals surface area contributed by atoms with E-state index >= 15 is 0 Å². The molecule has 0 saturated heterocycles. The maximum atomic E-state index is 5.76. The second-order valence-electron chi connectivity index (χ2n) is 4.68. The van der Waals surface area contributed by atoms with Crippen molar-refractivity contribution in [3.63, 3.8) is 0 Å². The van der Waals surface area contributed by atoms with Crippen LogP contribution in [0.2, 0.25) is 0 Å². The van der Waals surface area contributed by atoms with E-state index in [1.165, 1.54) is 16.5 Å². The summed E-state index contributed by atoms with van der Waals surface area (Å²) in [4.78, 5) is 7.58. The molecule has 0 bridgehead atoms. The van der Waals surface area contributed by atoms with E-state index in [9.17, 15) is 0 Å². The molecule has 4 heteroatoms. The molecule has 0 spiro atoms. The lowest BCUT2D eigenvalue weighted by molar-refractivity contribution is 0.723. The van der Waals surface area contributed by atoms with E-state index < -0.39 is 0 Å². The smallest absolute Gasteiger partial charge is 0.188 e. The Hall–Kier alpha value is -1.97. The van der Waals surface area contributed by atoms with Gasteiger partial charge in [-0.05, 0) is 31.9 Å². The van der Waals surface area contributed by atoms with Crippen molar-refractivity contribution in [1.29, 1.82) is 0 Å². The molecule has 0 unspecified atom stereocenters. The first-order valence-corrected chi connectivity index (χ1v) is 6.28. The third-order valence-corrected chi connectivity index (χ3v) is 2.77. The largest absolute Gasteiger partial charge is 0.370 e. The topological polar surface area (TPSA) is 66.2 Å². The summed E-state index contributed by atoms with van der Waals surface area (Å²) in [5, 5.41) is 4.35. The standard InChI is InChI=1S/C14H20N4/c1-10(2)18-14(15)16-8-7-11-9-17-13-6-4-3-5-12(11)13/h3-6,9-10,17H,7-8H2,1-2H3,(H3,15,16,18). The molecule has 96 valence electrons. The molecule has 1 heterocycles. The van der Waals surface area contributed by atoms with E-state index in [-0.39, 0.29) is 0 Å². The molecular formula is C14H20N4. The molecule has 0 atom stereocenters. The lowest BCUT2D eigenvalue weighted by atomic mass is 10.1. The fourth-order valence-corrected chi connectivity index (χ4v) is 1.98. The van der Waals surface area contributed by atoms with Crippen LogP contribution in [-0.2, 0) is 6.42 Å². The molecule has 1 aromatic heterocycles. The molecule has 0 aliphatic carbocycles. The molecule has 0 saturated carbocycles. The van der Waals surface area contributed by atoms with Crippen LogP contribution in [0, 0.1) is 0 Å². The predicted octanol–water partition coefficient (Wildman–Crippen LogP) is 2.02. The summed E-state index contributed by atoms with van der Waals surface area (Å²) >= 11 is 0. The van der Waals surface area contributed by atoms with E-state index in [0.29, 0.717) is 18.5 Å². The molecular weight excluding hydrogens is 224 g/mol. The number of aromatic amines is 1. The first-order chi connectivity index (χ1) is 8.66. The van der Waals surface area contributed by atoms with Gasteiger partial charge in [0.15, 0.2) is 5.96 Å². The van der Waals surface area contributed by atoms with Gasteiger partial charge < -0.3 is 16.0 Å². The van der Waals surface area contributed by atoms with Crippen LogP contribution in [0.5, 0.6) is 0 Å². The van der Waals surface area contributed by atoms with Crippen molar-refractivity contribution in [3.05, 3.63) is 36.0 Å². The Bertz CT molecular complexity index is 539. The SMILES string of the molecule is CC(C)NC(N)=NCCc1c[nH]c2ccccc12. The monoisotopic (exact) mass is 244 g/mol. The Morgan fingerprint density at radius 1 is 1.39 bits per heavy atom. The van der Waals surface area contributed by atoms with Crippen LogP contribution >= 0.6 is 0 Å². The fourth-order valence-electron chi connectivity index (χ4n) is 1.98. The predicted molar refractivity (Wildman–Crippen MR) is 76.8 cm³/mol. The number of hydrogen-bond acceptors (Lipinski definition) is 1. The third-order valence-electron chi connectivity index (χ3n) is 2.77. The summed E-state index contributed by atoms with van der Waals surface area (Å²) in [6.45, 7) is 4.79. The highest BCUT2D eigenvalue weighted by Gasteiger charge is 2.02. The number of aliphatic imine (C=N–C) groups is 1. The van der Waals surface area contributed by atoms with Gasteiger partial charge in [-0.15, -0.1) is 0 Å². The minimum atomic E-state index is 0.321. The molecule has 18 heavy (non-hydrogen) atoms. The first-order valence-electron chi connectivity index (χ1n) is 6.28. The van der Waals surface area contributed by atoms with Crippen molar-refractivity contribution >= 4 is 16.9 Å². The van der Waals surface area contributed by atoms with Gasteiger partial charge in [-0.1, -0.05) is 18.2 Å². The van der Waals surface area contributed by atoms with Gasteiger partial charge in [-0.2, -0.15) is 0 Å². The third kappa shape index (κ3) is 3.03. The molecule has 0 amide bonds. The number of fused-ring (bicyclic) bond motifs is 1. The highest BCUT2D eigenvalue weighted by Crippen LogP contribution is 2.17. The molecule has 4 nitrogen and oxygen atoms in total. The number of nitrogens with two attached hydrogens (primary N) is 1. The minimum Gasteiger partial charge on any atom is -0.370 e. The van der Waals surface area contributed by atoms with Gasteiger partial charge in [0, 0.05) is 29.7 Å². The molecule has 2 rings (SSSR count). The Kier molecular flexibility index (Phi) is 3.87. The highest BCUT2D eigenvalue weighted by molar-refractivity contribution is 5.83. The molecule has 4 N–H and O–H groups in total. The number of H-pyrrole nitrogens is 1.